The number of nitrogens with zero attached hydrogens (tertiary/aromatic N) is 2. The van der Waals surface area contributed by atoms with E-state index >= 15 is 0 Å². The van der Waals surface area contributed by atoms with Gasteiger partial charge in [0.25, 0.3) is 0 Å². The fourth-order valence-corrected chi connectivity index (χ4v) is 1.90. The number of piperidine rings is 1. The van der Waals surface area contributed by atoms with Gasteiger partial charge in [-0.2, -0.15) is 0 Å². The molecule has 0 amide bonds. The van der Waals surface area contributed by atoms with E-state index < -0.39 is 0 Å². The van der Waals surface area contributed by atoms with Crippen LogP contribution in [0.15, 0.2) is 12.1 Å². The van der Waals surface area contributed by atoms with Crippen LogP contribution in [0.2, 0.25) is 0 Å². The lowest BCUT2D eigenvalue weighted by Gasteiger charge is -2.29. The van der Waals surface area contributed by atoms with Gasteiger partial charge in [-0.1, -0.05) is 0 Å². The summed E-state index contributed by atoms with van der Waals surface area (Å²) in [4.78, 5) is 6.64. The second-order valence-electron chi connectivity index (χ2n) is 4.47. The Balaban J connectivity index is 2.00. The summed E-state index contributed by atoms with van der Waals surface area (Å²) in [5.41, 5.74) is 7.41. The lowest BCUT2D eigenvalue weighted by Crippen LogP contribution is -2.35. The van der Waals surface area contributed by atoms with Crippen LogP contribution in [-0.4, -0.2) is 36.1 Å². The number of aryl methyl sites for hydroxylation is 1. The van der Waals surface area contributed by atoms with Crippen LogP contribution >= 0.6 is 0 Å². The van der Waals surface area contributed by atoms with Crippen molar-refractivity contribution in [2.24, 2.45) is 0 Å². The van der Waals surface area contributed by atoms with Gasteiger partial charge in [-0.3, -0.25) is 0 Å². The monoisotopic (exact) mass is 221 g/mol. The maximum absolute atomic E-state index is 5.85. The van der Waals surface area contributed by atoms with Gasteiger partial charge in [0.1, 0.15) is 6.10 Å². The summed E-state index contributed by atoms with van der Waals surface area (Å²) in [5.74, 6) is 0.592. The number of aromatic nitrogens is 1. The molecule has 0 atom stereocenters. The highest BCUT2D eigenvalue weighted by Gasteiger charge is 2.19. The minimum Gasteiger partial charge on any atom is -0.473 e. The highest BCUT2D eigenvalue weighted by atomic mass is 16.5. The maximum Gasteiger partial charge on any atom is 0.237 e. The predicted molar refractivity (Wildman–Crippen MR) is 64.5 cm³/mol. The molecule has 2 N–H and O–H groups in total. The van der Waals surface area contributed by atoms with Crippen LogP contribution in [0.25, 0.3) is 0 Å². The molecule has 2 rings (SSSR count). The van der Waals surface area contributed by atoms with Crippen LogP contribution in [0.5, 0.6) is 5.88 Å². The number of nitrogens with two attached hydrogens (primary N) is 1. The normalized spacial score (nSPS) is 18.6. The van der Waals surface area contributed by atoms with E-state index in [0.29, 0.717) is 11.6 Å². The Bertz CT molecular complexity index is 359. The summed E-state index contributed by atoms with van der Waals surface area (Å²) >= 11 is 0. The largest absolute Gasteiger partial charge is 0.473 e. The van der Waals surface area contributed by atoms with E-state index in [1.807, 2.05) is 19.1 Å². The molecule has 0 aromatic carbocycles. The maximum atomic E-state index is 5.85. The summed E-state index contributed by atoms with van der Waals surface area (Å²) in [5, 5.41) is 0. The number of ether oxygens (including phenoxy) is 1. The lowest BCUT2D eigenvalue weighted by molar-refractivity contribution is 0.110. The summed E-state index contributed by atoms with van der Waals surface area (Å²) in [7, 11) is 2.13. The first kappa shape index (κ1) is 11.2. The molecule has 88 valence electrons. The van der Waals surface area contributed by atoms with Crippen molar-refractivity contribution >= 4 is 5.69 Å². The first-order chi connectivity index (χ1) is 7.65. The smallest absolute Gasteiger partial charge is 0.237 e. The third-order valence-corrected chi connectivity index (χ3v) is 2.97. The van der Waals surface area contributed by atoms with E-state index in [1.165, 1.54) is 0 Å². The number of likely N-dealkylation sites (tertiary alicyclic amines) is 1. The van der Waals surface area contributed by atoms with Gasteiger partial charge in [0.2, 0.25) is 5.88 Å². The van der Waals surface area contributed by atoms with Crippen molar-refractivity contribution in [2.75, 3.05) is 25.9 Å². The first-order valence-corrected chi connectivity index (χ1v) is 5.73. The van der Waals surface area contributed by atoms with Crippen molar-refractivity contribution in [1.82, 2.24) is 9.88 Å². The highest BCUT2D eigenvalue weighted by molar-refractivity contribution is 5.48. The van der Waals surface area contributed by atoms with Crippen LogP contribution in [-0.2, 0) is 0 Å². The molecule has 1 fully saturated rings. The molecule has 16 heavy (non-hydrogen) atoms. The zero-order valence-corrected chi connectivity index (χ0v) is 9.94. The van der Waals surface area contributed by atoms with E-state index in [-0.39, 0.29) is 6.10 Å². The number of rotatable bonds is 2. The second kappa shape index (κ2) is 4.70. The average Bonchev–Trinajstić information content (AvgIpc) is 2.27. The Morgan fingerprint density at radius 2 is 2.06 bits per heavy atom. The van der Waals surface area contributed by atoms with Crippen molar-refractivity contribution in [3.63, 3.8) is 0 Å². The van der Waals surface area contributed by atoms with Gasteiger partial charge < -0.3 is 15.4 Å². The third-order valence-electron chi connectivity index (χ3n) is 2.97. The van der Waals surface area contributed by atoms with Gasteiger partial charge in [-0.05, 0) is 38.9 Å². The van der Waals surface area contributed by atoms with E-state index in [1.54, 1.807) is 0 Å². The number of hydrogen-bond acceptors (Lipinski definition) is 4. The molecular formula is C12H19N3O. The van der Waals surface area contributed by atoms with E-state index in [0.717, 1.165) is 31.6 Å². The average molecular weight is 221 g/mol. The molecule has 0 unspecified atom stereocenters. The van der Waals surface area contributed by atoms with Gasteiger partial charge in [0.05, 0.1) is 5.69 Å². The van der Waals surface area contributed by atoms with Gasteiger partial charge in [0.15, 0.2) is 0 Å². The van der Waals surface area contributed by atoms with Crippen molar-refractivity contribution in [3.8, 4) is 5.88 Å². The van der Waals surface area contributed by atoms with Gasteiger partial charge in [0, 0.05) is 18.8 Å². The summed E-state index contributed by atoms with van der Waals surface area (Å²) in [6.45, 7) is 4.10. The predicted octanol–water partition coefficient (Wildman–Crippen LogP) is 1.45. The molecule has 0 spiro atoms. The standard InChI is InChI=1S/C12H19N3O/c1-9-3-4-11(13)12(14-9)16-10-5-7-15(2)8-6-10/h3-4,10H,5-8,13H2,1-2H3. The molecule has 0 radical (unpaired) electrons. The summed E-state index contributed by atoms with van der Waals surface area (Å²) in [6.07, 6.45) is 2.35. The molecule has 1 aliphatic heterocycles. The fraction of sp³-hybridized carbons (Fsp3) is 0.583. The van der Waals surface area contributed by atoms with E-state index in [4.69, 9.17) is 10.5 Å². The second-order valence-corrected chi connectivity index (χ2v) is 4.47. The molecule has 0 aliphatic carbocycles. The highest BCUT2D eigenvalue weighted by Crippen LogP contribution is 2.22. The van der Waals surface area contributed by atoms with E-state index in [9.17, 15) is 0 Å². The Morgan fingerprint density at radius 3 is 2.75 bits per heavy atom. The van der Waals surface area contributed by atoms with Crippen LogP contribution < -0.4 is 10.5 Å². The van der Waals surface area contributed by atoms with Crippen molar-refractivity contribution in [3.05, 3.63) is 17.8 Å². The Kier molecular flexibility index (Phi) is 3.29. The van der Waals surface area contributed by atoms with Gasteiger partial charge in [-0.25, -0.2) is 4.98 Å². The molecule has 1 saturated heterocycles. The topological polar surface area (TPSA) is 51.4 Å². The number of nitrogen functional groups attached to an aromatic ring is 1. The molecule has 1 aromatic heterocycles. The van der Waals surface area contributed by atoms with Crippen molar-refractivity contribution in [1.29, 1.82) is 0 Å². The summed E-state index contributed by atoms with van der Waals surface area (Å²) in [6, 6.07) is 3.75. The Labute approximate surface area is 96.4 Å². The minimum absolute atomic E-state index is 0.257. The minimum atomic E-state index is 0.257. The molecular weight excluding hydrogens is 202 g/mol. The van der Waals surface area contributed by atoms with Crippen LogP contribution in [0.3, 0.4) is 0 Å². The molecule has 1 aliphatic rings. The van der Waals surface area contributed by atoms with Crippen molar-refractivity contribution < 1.29 is 4.74 Å². The van der Waals surface area contributed by atoms with Gasteiger partial charge in [-0.15, -0.1) is 0 Å². The molecule has 4 heteroatoms. The van der Waals surface area contributed by atoms with Crippen molar-refractivity contribution in [2.45, 2.75) is 25.9 Å². The molecule has 2 heterocycles. The first-order valence-electron chi connectivity index (χ1n) is 5.73. The fourth-order valence-electron chi connectivity index (χ4n) is 1.90. The quantitative estimate of drug-likeness (QED) is 0.821. The zero-order valence-electron chi connectivity index (χ0n) is 9.94. The number of anilines is 1. The van der Waals surface area contributed by atoms with Crippen LogP contribution in [0.4, 0.5) is 5.69 Å². The zero-order chi connectivity index (χ0) is 11.5. The third kappa shape index (κ3) is 2.64. The lowest BCUT2D eigenvalue weighted by atomic mass is 10.1. The van der Waals surface area contributed by atoms with Crippen LogP contribution in [0.1, 0.15) is 18.5 Å². The Hall–Kier alpha value is -1.29. The SMILES string of the molecule is Cc1ccc(N)c(OC2CCN(C)CC2)n1. The summed E-state index contributed by atoms with van der Waals surface area (Å²) < 4.78 is 5.85. The van der Waals surface area contributed by atoms with E-state index in [2.05, 4.69) is 16.9 Å². The number of hydrogen-bond donors (Lipinski definition) is 1. The molecule has 0 saturated carbocycles. The van der Waals surface area contributed by atoms with Crippen LogP contribution in [0, 0.1) is 6.92 Å². The van der Waals surface area contributed by atoms with Gasteiger partial charge >= 0.3 is 0 Å². The Morgan fingerprint density at radius 1 is 1.38 bits per heavy atom. The molecule has 0 bridgehead atoms. The molecule has 4 nitrogen and oxygen atoms in total. The molecule has 1 aromatic rings. The number of pyridine rings is 1.